The van der Waals surface area contributed by atoms with Crippen molar-refractivity contribution in [2.75, 3.05) is 0 Å². The van der Waals surface area contributed by atoms with E-state index in [9.17, 15) is 0 Å². The normalized spacial score (nSPS) is 17.6. The number of halogens is 2. The third-order valence-corrected chi connectivity index (χ3v) is 48.4. The average Bonchev–Trinajstić information content (AvgIpc) is 3.50. The second kappa shape index (κ2) is 10.1. The summed E-state index contributed by atoms with van der Waals surface area (Å²) in [5, 5.41) is 0. The van der Waals surface area contributed by atoms with E-state index in [1.807, 2.05) is 0 Å². The number of fused-ring (bicyclic) bond motifs is 2. The van der Waals surface area contributed by atoms with Crippen LogP contribution in [0.3, 0.4) is 0 Å². The van der Waals surface area contributed by atoms with Gasteiger partial charge < -0.3 is 0 Å². The van der Waals surface area contributed by atoms with E-state index in [-0.39, 0.29) is 24.8 Å². The molecule has 0 heterocycles. The Hall–Kier alpha value is -1.97. The maximum absolute atomic E-state index is 4.37. The van der Waals surface area contributed by atoms with Gasteiger partial charge in [-0.25, -0.2) is 0 Å². The van der Waals surface area contributed by atoms with Crippen LogP contribution >= 0.6 is 24.8 Å². The first kappa shape index (κ1) is 27.1. The molecule has 0 saturated heterocycles. The zero-order chi connectivity index (χ0) is 23.4. The third kappa shape index (κ3) is 3.80. The van der Waals surface area contributed by atoms with Crippen molar-refractivity contribution in [2.45, 2.75) is 21.2 Å². The predicted octanol–water partition coefficient (Wildman–Crippen LogP) is 6.87. The Morgan fingerprint density at radius 1 is 0.528 bits per heavy atom. The molecule has 0 bridgehead atoms. The molecule has 0 fully saturated rings. The van der Waals surface area contributed by atoms with Crippen LogP contribution in [0.5, 0.6) is 0 Å². The molecule has 6 rings (SSSR count). The van der Waals surface area contributed by atoms with E-state index in [1.54, 1.807) is 6.64 Å². The van der Waals surface area contributed by atoms with Crippen LogP contribution in [-0.4, -0.2) is 6.94 Å². The van der Waals surface area contributed by atoms with E-state index in [4.69, 9.17) is 0 Å². The van der Waals surface area contributed by atoms with Crippen molar-refractivity contribution in [1.29, 1.82) is 0 Å². The number of allylic oxidation sites excluding steroid dienone is 2. The minimum absolute atomic E-state index is 0. The molecular weight excluding hydrogens is 662 g/mol. The largest absolute Gasteiger partial charge is 0.147 e. The summed E-state index contributed by atoms with van der Waals surface area (Å²) in [6, 6.07) is 37.4. The van der Waals surface area contributed by atoms with E-state index in [0.29, 0.717) is 7.35 Å². The molecule has 0 radical (unpaired) electrons. The molecule has 0 nitrogen and oxygen atoms in total. The molecule has 4 aromatic rings. The molecule has 2 aliphatic carbocycles. The van der Waals surface area contributed by atoms with Crippen molar-refractivity contribution in [3.05, 3.63) is 143 Å². The third-order valence-electron chi connectivity index (χ3n) is 8.49. The first-order valence-electron chi connectivity index (χ1n) is 12.2. The van der Waals surface area contributed by atoms with Crippen LogP contribution in [0.25, 0.3) is 12.2 Å². The standard InChI is InChI=1S/2C9H7.2C7H7.2ClH.Hf.H2Si/c2*1-2-5-9-7-3-6-8(9)4-1;2*1-7-5-3-2-4-6-7;;;;/h2*1-7H;2*3-6H,1H3;2*1H;;1H2. The predicted molar refractivity (Wildman–Crippen MR) is 161 cm³/mol. The number of hydrogen-bond acceptors (Lipinski definition) is 0. The van der Waals surface area contributed by atoms with Crippen LogP contribution in [0.2, 0.25) is 0 Å². The van der Waals surface area contributed by atoms with Crippen molar-refractivity contribution in [2.24, 2.45) is 0 Å². The van der Waals surface area contributed by atoms with Crippen LogP contribution in [0.15, 0.2) is 109 Å². The fourth-order valence-electron chi connectivity index (χ4n) is 6.62. The molecule has 0 aromatic heterocycles. The minimum atomic E-state index is -4.37. The van der Waals surface area contributed by atoms with Gasteiger partial charge in [-0.2, -0.15) is 0 Å². The molecule has 36 heavy (non-hydrogen) atoms. The Balaban J connectivity index is 0.00000152. The topological polar surface area (TPSA) is 0 Å². The monoisotopic (exact) mass is 694 g/mol. The Bertz CT molecular complexity index is 1410. The quantitative estimate of drug-likeness (QED) is 0.205. The van der Waals surface area contributed by atoms with Crippen LogP contribution < -0.4 is 6.64 Å². The van der Waals surface area contributed by atoms with Crippen LogP contribution in [-0.2, 0) is 17.1 Å². The van der Waals surface area contributed by atoms with Gasteiger partial charge in [-0.05, 0) is 0 Å². The number of benzene rings is 4. The van der Waals surface area contributed by atoms with Gasteiger partial charge in [0.15, 0.2) is 0 Å². The molecule has 0 amide bonds. The summed E-state index contributed by atoms with van der Waals surface area (Å²) >= 11 is -4.37. The van der Waals surface area contributed by atoms with E-state index in [2.05, 4.69) is 142 Å². The summed E-state index contributed by atoms with van der Waals surface area (Å²) in [6.07, 6.45) is 9.89. The molecule has 0 saturated carbocycles. The molecule has 4 aromatic carbocycles. The Kier molecular flexibility index (Phi) is 7.57. The minimum Gasteiger partial charge on any atom is -0.147 e. The van der Waals surface area contributed by atoms with Gasteiger partial charge in [-0.15, -0.1) is 24.8 Å². The van der Waals surface area contributed by atoms with Crippen LogP contribution in [0, 0.1) is 13.8 Å². The fourth-order valence-corrected chi connectivity index (χ4v) is 41.8. The summed E-state index contributed by atoms with van der Waals surface area (Å²) in [7, 11) is 0. The van der Waals surface area contributed by atoms with Crippen molar-refractivity contribution in [3.8, 4) is 0 Å². The molecule has 4 heteroatoms. The molecule has 182 valence electrons. The van der Waals surface area contributed by atoms with Gasteiger partial charge in [0.05, 0.1) is 0 Å². The number of hydrogen-bond donors (Lipinski definition) is 0. The first-order chi connectivity index (χ1) is 16.5. The van der Waals surface area contributed by atoms with Crippen LogP contribution in [0.4, 0.5) is 0 Å². The van der Waals surface area contributed by atoms with E-state index >= 15 is 0 Å². The smallest absolute Gasteiger partial charge is 0.147 e. The molecular formula is C32H32Cl2HfSi. The maximum atomic E-state index is 2.56. The molecule has 0 spiro atoms. The summed E-state index contributed by atoms with van der Waals surface area (Å²) in [4.78, 5) is 0. The second-order valence-electron chi connectivity index (χ2n) is 10.3. The first-order valence-corrected chi connectivity index (χ1v) is 28.3. The van der Waals surface area contributed by atoms with Crippen molar-refractivity contribution in [3.63, 3.8) is 0 Å². The molecule has 0 N–H and O–H groups in total. The zero-order valence-electron chi connectivity index (χ0n) is 20.7. The average molecular weight is 694 g/mol. The molecule has 2 atom stereocenters. The van der Waals surface area contributed by atoms with E-state index in [0.717, 1.165) is 0 Å². The van der Waals surface area contributed by atoms with Crippen LogP contribution in [0.1, 0.15) is 40.7 Å². The SMILES string of the molecule is Cc1cc[c]([Hf](=[SiH2])([c]2ccc(C)cc2)([CH]2C=Cc3ccccc32)[CH]2C=Cc3ccccc32)cc1.Cl.Cl. The summed E-state index contributed by atoms with van der Waals surface area (Å²) in [5.41, 5.74) is 8.43. The summed E-state index contributed by atoms with van der Waals surface area (Å²) in [6.45, 7) is 6.83. The molecule has 0 aliphatic heterocycles. The Morgan fingerprint density at radius 2 is 0.889 bits per heavy atom. The fraction of sp³-hybridized carbons (Fsp3) is 0.125. The summed E-state index contributed by atoms with van der Waals surface area (Å²) in [5.74, 6) is 0. The van der Waals surface area contributed by atoms with Gasteiger partial charge in [0, 0.05) is 0 Å². The molecule has 2 unspecified atom stereocenters. The van der Waals surface area contributed by atoms with E-state index < -0.39 is 17.1 Å². The zero-order valence-corrected chi connectivity index (χ0v) is 27.4. The Labute approximate surface area is 229 Å². The molecule has 2 aliphatic rings. The van der Waals surface area contributed by atoms with Crippen molar-refractivity contribution in [1.82, 2.24) is 0 Å². The van der Waals surface area contributed by atoms with E-state index in [1.165, 1.54) is 33.4 Å². The Morgan fingerprint density at radius 3 is 1.28 bits per heavy atom. The maximum Gasteiger partial charge on any atom is -0.147 e. The number of aryl methyl sites for hydroxylation is 2. The van der Waals surface area contributed by atoms with Gasteiger partial charge in [0.2, 0.25) is 0 Å². The van der Waals surface area contributed by atoms with Gasteiger partial charge in [0.1, 0.15) is 0 Å². The van der Waals surface area contributed by atoms with Gasteiger partial charge >= 0.3 is 207 Å². The summed E-state index contributed by atoms with van der Waals surface area (Å²) < 4.78 is 4.00. The van der Waals surface area contributed by atoms with Gasteiger partial charge in [-0.3, -0.25) is 0 Å². The second-order valence-corrected chi connectivity index (χ2v) is 43.1. The van der Waals surface area contributed by atoms with Gasteiger partial charge in [-0.1, -0.05) is 0 Å². The van der Waals surface area contributed by atoms with Crippen molar-refractivity contribution >= 4 is 50.5 Å². The van der Waals surface area contributed by atoms with Crippen molar-refractivity contribution < 1.29 is 17.1 Å². The van der Waals surface area contributed by atoms with Gasteiger partial charge in [0.25, 0.3) is 0 Å². The number of rotatable bonds is 4.